The lowest BCUT2D eigenvalue weighted by Gasteiger charge is -2.26. The van der Waals surface area contributed by atoms with Gasteiger partial charge in [-0.2, -0.15) is 0 Å². The number of allylic oxidation sites excluding steroid dienone is 5. The molecule has 3 heteroatoms. The zero-order chi connectivity index (χ0) is 31.8. The number of rotatable bonds is 19. The minimum atomic E-state index is 0.153. The van der Waals surface area contributed by atoms with Gasteiger partial charge in [0.2, 0.25) is 0 Å². The summed E-state index contributed by atoms with van der Waals surface area (Å²) >= 11 is 0. The van der Waals surface area contributed by atoms with Gasteiger partial charge in [-0.25, -0.2) is 0 Å². The minimum Gasteiger partial charge on any atom is -0.396 e. The van der Waals surface area contributed by atoms with E-state index in [2.05, 4.69) is 88.8 Å². The number of methoxy groups -OCH3 is 1. The number of ether oxygens (including phenoxy) is 1. The second-order valence-corrected chi connectivity index (χ2v) is 13.6. The lowest BCUT2D eigenvalue weighted by atomic mass is 9.80. The van der Waals surface area contributed by atoms with Gasteiger partial charge in [0, 0.05) is 37.7 Å². The van der Waals surface area contributed by atoms with Crippen LogP contribution < -0.4 is 0 Å². The summed E-state index contributed by atoms with van der Waals surface area (Å²) in [5.74, 6) is 2.83. The average molecular weight is 576 g/mol. The molecule has 1 aliphatic rings. The molecule has 0 saturated heterocycles. The highest BCUT2D eigenvalue weighted by Gasteiger charge is 2.20. The molecular formula is C38H73NO2. The molecule has 3 nitrogen and oxygen atoms in total. The fraction of sp³-hybridized carbons (Fsp3) is 0.816. The molecule has 41 heavy (non-hydrogen) atoms. The van der Waals surface area contributed by atoms with Gasteiger partial charge in [0.1, 0.15) is 0 Å². The second-order valence-electron chi connectivity index (χ2n) is 13.6. The Morgan fingerprint density at radius 2 is 1.59 bits per heavy atom. The Hall–Kier alpha value is -1.19. The first-order valence-corrected chi connectivity index (χ1v) is 17.0. The van der Waals surface area contributed by atoms with E-state index in [0.29, 0.717) is 11.8 Å². The first-order valence-electron chi connectivity index (χ1n) is 17.0. The predicted octanol–water partition coefficient (Wildman–Crippen LogP) is 11.8. The van der Waals surface area contributed by atoms with Gasteiger partial charge in [-0.3, -0.25) is 4.99 Å². The molecule has 1 rings (SSSR count). The summed E-state index contributed by atoms with van der Waals surface area (Å²) in [6, 6.07) is 0. The number of aliphatic imine (C=N–C) groups is 1. The Labute approximate surface area is 258 Å². The molecule has 0 aliphatic heterocycles. The van der Waals surface area contributed by atoms with Crippen molar-refractivity contribution in [3.8, 4) is 0 Å². The Morgan fingerprint density at radius 1 is 1.02 bits per heavy atom. The summed E-state index contributed by atoms with van der Waals surface area (Å²) in [7, 11) is 1.77. The molecule has 1 aliphatic carbocycles. The Kier molecular flexibility index (Phi) is 25.9. The Bertz CT molecular complexity index is 739. The Balaban J connectivity index is 0. The van der Waals surface area contributed by atoms with E-state index in [1.165, 1.54) is 43.3 Å². The van der Waals surface area contributed by atoms with Crippen LogP contribution in [0.15, 0.2) is 40.6 Å². The third kappa shape index (κ3) is 23.0. The first kappa shape index (κ1) is 41.9. The molecule has 242 valence electrons. The quantitative estimate of drug-likeness (QED) is 0.0945. The third-order valence-corrected chi connectivity index (χ3v) is 8.51. The maximum Gasteiger partial charge on any atom is 0.0462 e. The van der Waals surface area contributed by atoms with Crippen LogP contribution in [-0.2, 0) is 4.74 Å². The van der Waals surface area contributed by atoms with Crippen molar-refractivity contribution in [3.63, 3.8) is 0 Å². The molecule has 1 N–H and O–H groups in total. The lowest BCUT2D eigenvalue weighted by molar-refractivity contribution is 0.181. The highest BCUT2D eigenvalue weighted by molar-refractivity contribution is 5.97. The monoisotopic (exact) mass is 576 g/mol. The molecule has 1 fully saturated rings. The molecule has 0 aromatic carbocycles. The van der Waals surface area contributed by atoms with E-state index in [0.717, 1.165) is 74.8 Å². The van der Waals surface area contributed by atoms with Crippen molar-refractivity contribution >= 4 is 5.71 Å². The fourth-order valence-electron chi connectivity index (χ4n) is 4.27. The van der Waals surface area contributed by atoms with Gasteiger partial charge in [-0.1, -0.05) is 119 Å². The zero-order valence-corrected chi connectivity index (χ0v) is 29.9. The van der Waals surface area contributed by atoms with Crippen LogP contribution in [0.5, 0.6) is 0 Å². The number of unbranched alkanes of at least 4 members (excludes halogenated alkanes) is 1. The SMILES string of the molecule is C=CC(=N/C(C)=C(/C=C(\C)C(C)(C)CCCOC)CC)C(CCC)CCCCC(C)CO.CC1CC1.CCC(C)C. The topological polar surface area (TPSA) is 41.8 Å². The van der Waals surface area contributed by atoms with Crippen molar-refractivity contribution in [2.24, 2.45) is 34.1 Å². The average Bonchev–Trinajstić information content (AvgIpc) is 3.74. The van der Waals surface area contributed by atoms with E-state index in [4.69, 9.17) is 9.73 Å². The number of hydrogen-bond donors (Lipinski definition) is 1. The van der Waals surface area contributed by atoms with Crippen LogP contribution in [0.3, 0.4) is 0 Å². The molecule has 0 radical (unpaired) electrons. The van der Waals surface area contributed by atoms with E-state index in [-0.39, 0.29) is 12.0 Å². The largest absolute Gasteiger partial charge is 0.396 e. The number of hydrogen-bond acceptors (Lipinski definition) is 3. The molecular weight excluding hydrogens is 502 g/mol. The van der Waals surface area contributed by atoms with Crippen molar-refractivity contribution in [1.29, 1.82) is 0 Å². The highest BCUT2D eigenvalue weighted by Crippen LogP contribution is 2.33. The molecule has 0 amide bonds. The van der Waals surface area contributed by atoms with Crippen LogP contribution in [0, 0.1) is 29.1 Å². The summed E-state index contributed by atoms with van der Waals surface area (Å²) in [5, 5.41) is 9.25. The summed E-state index contributed by atoms with van der Waals surface area (Å²) in [4.78, 5) is 5.10. The van der Waals surface area contributed by atoms with Crippen LogP contribution in [-0.4, -0.2) is 31.1 Å². The highest BCUT2D eigenvalue weighted by atomic mass is 16.5. The van der Waals surface area contributed by atoms with E-state index in [1.54, 1.807) is 7.11 Å². The Morgan fingerprint density at radius 3 is 2.00 bits per heavy atom. The minimum absolute atomic E-state index is 0.153. The number of nitrogens with zero attached hydrogens (tertiary/aromatic N) is 1. The van der Waals surface area contributed by atoms with Crippen molar-refractivity contribution in [3.05, 3.63) is 35.6 Å². The van der Waals surface area contributed by atoms with Gasteiger partial charge >= 0.3 is 0 Å². The van der Waals surface area contributed by atoms with Gasteiger partial charge in [0.15, 0.2) is 0 Å². The molecule has 0 spiro atoms. The number of aliphatic hydroxyl groups excluding tert-OH is 1. The second kappa shape index (κ2) is 25.3. The van der Waals surface area contributed by atoms with Gasteiger partial charge < -0.3 is 9.84 Å². The van der Waals surface area contributed by atoms with Crippen molar-refractivity contribution in [2.45, 2.75) is 153 Å². The third-order valence-electron chi connectivity index (χ3n) is 8.51. The van der Waals surface area contributed by atoms with Crippen LogP contribution >= 0.6 is 0 Å². The summed E-state index contributed by atoms with van der Waals surface area (Å²) in [6.07, 6.45) is 18.7. The van der Waals surface area contributed by atoms with Crippen molar-refractivity contribution < 1.29 is 9.84 Å². The summed E-state index contributed by atoms with van der Waals surface area (Å²) in [6.45, 7) is 29.8. The van der Waals surface area contributed by atoms with Crippen LogP contribution in [0.25, 0.3) is 0 Å². The van der Waals surface area contributed by atoms with Crippen LogP contribution in [0.4, 0.5) is 0 Å². The van der Waals surface area contributed by atoms with E-state index >= 15 is 0 Å². The summed E-state index contributed by atoms with van der Waals surface area (Å²) in [5.41, 5.74) is 5.12. The van der Waals surface area contributed by atoms with Crippen LogP contribution in [0.1, 0.15) is 153 Å². The molecule has 0 heterocycles. The normalized spacial score (nSPS) is 16.2. The van der Waals surface area contributed by atoms with Gasteiger partial charge in [0.25, 0.3) is 0 Å². The molecule has 2 atom stereocenters. The van der Waals surface area contributed by atoms with Crippen molar-refractivity contribution in [1.82, 2.24) is 0 Å². The van der Waals surface area contributed by atoms with Gasteiger partial charge in [-0.15, -0.1) is 0 Å². The van der Waals surface area contributed by atoms with Gasteiger partial charge in [-0.05, 0) is 87.2 Å². The fourth-order valence-corrected chi connectivity index (χ4v) is 4.27. The summed E-state index contributed by atoms with van der Waals surface area (Å²) < 4.78 is 5.24. The molecule has 0 bridgehead atoms. The van der Waals surface area contributed by atoms with E-state index in [1.807, 2.05) is 6.08 Å². The molecule has 2 unspecified atom stereocenters. The van der Waals surface area contributed by atoms with E-state index in [9.17, 15) is 5.11 Å². The van der Waals surface area contributed by atoms with Gasteiger partial charge in [0.05, 0.1) is 0 Å². The lowest BCUT2D eigenvalue weighted by Crippen LogP contribution is -2.14. The first-order chi connectivity index (χ1) is 19.3. The molecule has 0 aromatic heterocycles. The maximum atomic E-state index is 9.25. The smallest absolute Gasteiger partial charge is 0.0462 e. The molecule has 0 aromatic rings. The maximum absolute atomic E-state index is 9.25. The molecule has 1 saturated carbocycles. The predicted molar refractivity (Wildman–Crippen MR) is 186 cm³/mol. The van der Waals surface area contributed by atoms with Crippen molar-refractivity contribution in [2.75, 3.05) is 20.3 Å². The van der Waals surface area contributed by atoms with Crippen LogP contribution in [0.2, 0.25) is 0 Å². The number of aliphatic hydroxyl groups is 1. The zero-order valence-electron chi connectivity index (χ0n) is 29.9. The van der Waals surface area contributed by atoms with E-state index < -0.39 is 0 Å². The standard InChI is InChI=1S/C29H53NO2.C5H12.C4H8/c1-10-16-27(18-14-13-17-23(4)22-31)28(12-3)30-25(6)26(11-2)21-24(5)29(7,8)19-15-20-32-9;1-4-5(2)3;1-4-2-3-4/h12,21,23,27,31H,3,10-11,13-20,22H2,1-2,4-9H3;5H,4H2,1-3H3;4H,2-3H2,1H3/b24-21+,26-25+,30-28?;;.